The summed E-state index contributed by atoms with van der Waals surface area (Å²) >= 11 is 12.3. The maximum atomic E-state index is 6.24. The van der Waals surface area contributed by atoms with E-state index in [1.165, 1.54) is 5.56 Å². The number of nitrogens with zero attached hydrogens (tertiary/aromatic N) is 2. The molecule has 0 aliphatic heterocycles. The van der Waals surface area contributed by atoms with Crippen LogP contribution in [0.25, 0.3) is 0 Å². The van der Waals surface area contributed by atoms with Gasteiger partial charge in [-0.1, -0.05) is 35.3 Å². The highest BCUT2D eigenvalue weighted by Gasteiger charge is 2.13. The van der Waals surface area contributed by atoms with Crippen molar-refractivity contribution >= 4 is 23.2 Å². The predicted molar refractivity (Wildman–Crippen MR) is 89.1 cm³/mol. The van der Waals surface area contributed by atoms with Gasteiger partial charge in [0.1, 0.15) is 0 Å². The Bertz CT molecular complexity index is 627. The van der Waals surface area contributed by atoms with Gasteiger partial charge in [-0.25, -0.2) is 0 Å². The van der Waals surface area contributed by atoms with E-state index in [2.05, 4.69) is 38.1 Å². The molecule has 1 aromatic carbocycles. The fraction of sp³-hybridized carbons (Fsp3) is 0.438. The van der Waals surface area contributed by atoms with Crippen LogP contribution in [0.2, 0.25) is 10.0 Å². The van der Waals surface area contributed by atoms with Crippen LogP contribution < -0.4 is 5.32 Å². The van der Waals surface area contributed by atoms with Crippen LogP contribution >= 0.6 is 23.2 Å². The second kappa shape index (κ2) is 6.39. The summed E-state index contributed by atoms with van der Waals surface area (Å²) < 4.78 is 1.96. The van der Waals surface area contributed by atoms with Gasteiger partial charge in [-0.3, -0.25) is 4.68 Å². The molecule has 0 unspecified atom stereocenters. The van der Waals surface area contributed by atoms with Crippen LogP contribution in [0.3, 0.4) is 0 Å². The molecule has 21 heavy (non-hydrogen) atoms. The van der Waals surface area contributed by atoms with Gasteiger partial charge in [0.2, 0.25) is 0 Å². The molecule has 2 rings (SSSR count). The van der Waals surface area contributed by atoms with Crippen LogP contribution in [0.15, 0.2) is 24.4 Å². The Balaban J connectivity index is 2.15. The third-order valence-corrected chi connectivity index (χ3v) is 4.22. The predicted octanol–water partition coefficient (Wildman–Crippen LogP) is 4.43. The van der Waals surface area contributed by atoms with Crippen LogP contribution in [0.1, 0.15) is 37.6 Å². The summed E-state index contributed by atoms with van der Waals surface area (Å²) in [5.74, 6) is 0. The average Bonchev–Trinajstić information content (AvgIpc) is 2.73. The molecule has 0 saturated heterocycles. The Hall–Kier alpha value is -1.03. The molecule has 1 aromatic heterocycles. The lowest BCUT2D eigenvalue weighted by molar-refractivity contribution is 0.423. The fourth-order valence-electron chi connectivity index (χ4n) is 2.01. The molecule has 0 aliphatic rings. The Kier molecular flexibility index (Phi) is 4.97. The number of rotatable bonds is 4. The second-order valence-corrected chi connectivity index (χ2v) is 7.01. The largest absolute Gasteiger partial charge is 0.308 e. The lowest BCUT2D eigenvalue weighted by Crippen LogP contribution is -2.35. The molecule has 0 bridgehead atoms. The first-order valence-electron chi connectivity index (χ1n) is 6.97. The molecule has 0 atom stereocenters. The zero-order valence-corrected chi connectivity index (χ0v) is 14.4. The van der Waals surface area contributed by atoms with Crippen molar-refractivity contribution in [3.8, 4) is 0 Å². The number of nitrogens with one attached hydrogen (secondary N) is 1. The van der Waals surface area contributed by atoms with E-state index < -0.39 is 0 Å². The number of aromatic nitrogens is 2. The molecule has 0 radical (unpaired) electrons. The Morgan fingerprint density at radius 2 is 1.90 bits per heavy atom. The molecular formula is C16H21Cl2N3. The van der Waals surface area contributed by atoms with Crippen molar-refractivity contribution in [2.75, 3.05) is 0 Å². The summed E-state index contributed by atoms with van der Waals surface area (Å²) in [6, 6.07) is 5.68. The molecule has 1 N–H and O–H groups in total. The Morgan fingerprint density at radius 1 is 1.19 bits per heavy atom. The first-order chi connectivity index (χ1) is 9.78. The smallest absolute Gasteiger partial charge is 0.0677 e. The zero-order chi connectivity index (χ0) is 15.6. The molecule has 5 heteroatoms. The van der Waals surface area contributed by atoms with Crippen molar-refractivity contribution in [2.24, 2.45) is 0 Å². The monoisotopic (exact) mass is 325 g/mol. The molecular weight excluding hydrogens is 305 g/mol. The third kappa shape index (κ3) is 4.22. The quantitative estimate of drug-likeness (QED) is 0.900. The minimum absolute atomic E-state index is 0.0881. The van der Waals surface area contributed by atoms with Crippen LogP contribution in [0, 0.1) is 6.92 Å². The number of hydrogen-bond donors (Lipinski definition) is 1. The summed E-state index contributed by atoms with van der Waals surface area (Å²) in [6.45, 7) is 9.96. The van der Waals surface area contributed by atoms with E-state index in [0.29, 0.717) is 16.6 Å². The summed E-state index contributed by atoms with van der Waals surface area (Å²) in [7, 11) is 0. The summed E-state index contributed by atoms with van der Waals surface area (Å²) in [5.41, 5.74) is 3.40. The van der Waals surface area contributed by atoms with E-state index in [9.17, 15) is 0 Å². The lowest BCUT2D eigenvalue weighted by Gasteiger charge is -2.20. The minimum Gasteiger partial charge on any atom is -0.308 e. The van der Waals surface area contributed by atoms with Gasteiger partial charge >= 0.3 is 0 Å². The molecule has 0 fully saturated rings. The van der Waals surface area contributed by atoms with Crippen LogP contribution in [-0.4, -0.2) is 15.3 Å². The van der Waals surface area contributed by atoms with Gasteiger partial charge in [-0.2, -0.15) is 5.10 Å². The standard InChI is InChI=1S/C16H21Cl2N3/c1-11-13(8-19-16(2,3)4)9-20-21(11)10-12-6-5-7-14(17)15(12)18/h5-7,9,19H,8,10H2,1-4H3. The highest BCUT2D eigenvalue weighted by atomic mass is 35.5. The van der Waals surface area contributed by atoms with E-state index in [1.807, 2.05) is 23.0 Å². The highest BCUT2D eigenvalue weighted by molar-refractivity contribution is 6.42. The van der Waals surface area contributed by atoms with E-state index >= 15 is 0 Å². The van der Waals surface area contributed by atoms with Gasteiger partial charge in [0.05, 0.1) is 22.8 Å². The maximum absolute atomic E-state index is 6.24. The molecule has 3 nitrogen and oxygen atoms in total. The minimum atomic E-state index is 0.0881. The Labute approximate surface area is 136 Å². The summed E-state index contributed by atoms with van der Waals surface area (Å²) in [4.78, 5) is 0. The van der Waals surface area contributed by atoms with Gasteiger partial charge in [0.15, 0.2) is 0 Å². The van der Waals surface area contributed by atoms with Crippen molar-refractivity contribution in [3.63, 3.8) is 0 Å². The number of hydrogen-bond acceptors (Lipinski definition) is 2. The molecule has 0 spiro atoms. The molecule has 1 heterocycles. The first-order valence-corrected chi connectivity index (χ1v) is 7.73. The average molecular weight is 326 g/mol. The fourth-order valence-corrected chi connectivity index (χ4v) is 2.39. The van der Waals surface area contributed by atoms with Gasteiger partial charge in [0, 0.05) is 23.3 Å². The number of benzene rings is 1. The van der Waals surface area contributed by atoms with Crippen LogP contribution in [-0.2, 0) is 13.1 Å². The van der Waals surface area contributed by atoms with E-state index in [1.54, 1.807) is 6.07 Å². The Morgan fingerprint density at radius 3 is 2.57 bits per heavy atom. The molecule has 0 amide bonds. The lowest BCUT2D eigenvalue weighted by atomic mass is 10.1. The second-order valence-electron chi connectivity index (χ2n) is 6.23. The van der Waals surface area contributed by atoms with E-state index in [4.69, 9.17) is 23.2 Å². The van der Waals surface area contributed by atoms with Crippen molar-refractivity contribution in [1.82, 2.24) is 15.1 Å². The molecule has 2 aromatic rings. The van der Waals surface area contributed by atoms with E-state index in [0.717, 1.165) is 17.8 Å². The third-order valence-electron chi connectivity index (χ3n) is 3.37. The van der Waals surface area contributed by atoms with Crippen LogP contribution in [0.5, 0.6) is 0 Å². The molecule has 0 aliphatic carbocycles. The topological polar surface area (TPSA) is 29.9 Å². The van der Waals surface area contributed by atoms with Gasteiger partial charge < -0.3 is 5.32 Å². The van der Waals surface area contributed by atoms with Crippen molar-refractivity contribution < 1.29 is 0 Å². The maximum Gasteiger partial charge on any atom is 0.0677 e. The number of halogens is 2. The molecule has 114 valence electrons. The molecule has 0 saturated carbocycles. The first kappa shape index (κ1) is 16.3. The van der Waals surface area contributed by atoms with E-state index in [-0.39, 0.29) is 5.54 Å². The van der Waals surface area contributed by atoms with Gasteiger partial charge in [-0.05, 0) is 39.3 Å². The van der Waals surface area contributed by atoms with Crippen LogP contribution in [0.4, 0.5) is 0 Å². The summed E-state index contributed by atoms with van der Waals surface area (Å²) in [6.07, 6.45) is 1.91. The van der Waals surface area contributed by atoms with Crippen molar-refractivity contribution in [2.45, 2.75) is 46.3 Å². The highest BCUT2D eigenvalue weighted by Crippen LogP contribution is 2.26. The van der Waals surface area contributed by atoms with Gasteiger partial charge in [-0.15, -0.1) is 0 Å². The normalized spacial score (nSPS) is 11.9. The zero-order valence-electron chi connectivity index (χ0n) is 12.9. The summed E-state index contributed by atoms with van der Waals surface area (Å²) in [5, 5.41) is 9.11. The SMILES string of the molecule is Cc1c(CNC(C)(C)C)cnn1Cc1cccc(Cl)c1Cl. The van der Waals surface area contributed by atoms with Crippen molar-refractivity contribution in [3.05, 3.63) is 51.3 Å². The van der Waals surface area contributed by atoms with Gasteiger partial charge in [0.25, 0.3) is 0 Å². The van der Waals surface area contributed by atoms with Crippen molar-refractivity contribution in [1.29, 1.82) is 0 Å².